The van der Waals surface area contributed by atoms with Crippen LogP contribution in [0, 0.1) is 0 Å². The second kappa shape index (κ2) is 5.26. The first-order valence-electron chi connectivity index (χ1n) is 3.94. The van der Waals surface area contributed by atoms with Gasteiger partial charge in [-0.15, -0.1) is 0 Å². The molecule has 1 aromatic heterocycles. The Morgan fingerprint density at radius 3 is 3.15 bits per heavy atom. The fourth-order valence-electron chi connectivity index (χ4n) is 0.748. The number of hydrogen-bond acceptors (Lipinski definition) is 6. The lowest BCUT2D eigenvalue weighted by atomic mass is 10.4. The van der Waals surface area contributed by atoms with Crippen molar-refractivity contribution in [1.82, 2.24) is 10.1 Å². The van der Waals surface area contributed by atoms with Crippen LogP contribution >= 0.6 is 0 Å². The average Bonchev–Trinajstić information content (AvgIpc) is 2.57. The first kappa shape index (κ1) is 9.66. The third-order valence-corrected chi connectivity index (χ3v) is 1.33. The lowest BCUT2D eigenvalue weighted by Crippen LogP contribution is -2.12. The van der Waals surface area contributed by atoms with Gasteiger partial charge in [0.15, 0.2) is 6.33 Å². The van der Waals surface area contributed by atoms with E-state index in [2.05, 4.69) is 10.1 Å². The molecule has 2 N–H and O–H groups in total. The van der Waals surface area contributed by atoms with Crippen LogP contribution in [0.15, 0.2) is 10.9 Å². The third-order valence-electron chi connectivity index (χ3n) is 1.33. The van der Waals surface area contributed by atoms with Crippen molar-refractivity contribution in [2.75, 3.05) is 13.2 Å². The second-order valence-corrected chi connectivity index (χ2v) is 2.34. The minimum Gasteiger partial charge on any atom is -0.465 e. The maximum atomic E-state index is 10.8. The molecule has 1 heterocycles. The summed E-state index contributed by atoms with van der Waals surface area (Å²) in [7, 11) is 0. The molecule has 0 aromatic carbocycles. The molecule has 0 aliphatic carbocycles. The van der Waals surface area contributed by atoms with Gasteiger partial charge in [-0.25, -0.2) is 0 Å². The van der Waals surface area contributed by atoms with E-state index < -0.39 is 0 Å². The number of carbonyl (C=O) groups is 1. The minimum atomic E-state index is -0.304. The molecule has 0 unspecified atom stereocenters. The largest absolute Gasteiger partial charge is 0.465 e. The molecule has 72 valence electrons. The number of hydrogen-bond donors (Lipinski definition) is 1. The zero-order valence-electron chi connectivity index (χ0n) is 7.10. The van der Waals surface area contributed by atoms with E-state index in [1.54, 1.807) is 0 Å². The van der Waals surface area contributed by atoms with Gasteiger partial charge in [-0.3, -0.25) is 4.79 Å². The van der Waals surface area contributed by atoms with Gasteiger partial charge in [0.2, 0.25) is 5.89 Å². The summed E-state index contributed by atoms with van der Waals surface area (Å²) in [6, 6.07) is 0. The maximum Gasteiger partial charge on any atom is 0.307 e. The Balaban J connectivity index is 2.11. The number of nitrogens with zero attached hydrogens (tertiary/aromatic N) is 2. The molecule has 13 heavy (non-hydrogen) atoms. The summed E-state index contributed by atoms with van der Waals surface area (Å²) in [4.78, 5) is 14.6. The van der Waals surface area contributed by atoms with E-state index in [1.807, 2.05) is 0 Å². The Bertz CT molecular complexity index is 247. The summed E-state index contributed by atoms with van der Waals surface area (Å²) in [5.41, 5.74) is 5.15. The molecule has 0 aliphatic heterocycles. The van der Waals surface area contributed by atoms with Gasteiger partial charge in [0, 0.05) is 6.54 Å². The van der Waals surface area contributed by atoms with Gasteiger partial charge in [-0.2, -0.15) is 4.98 Å². The van der Waals surface area contributed by atoms with Gasteiger partial charge >= 0.3 is 5.97 Å². The van der Waals surface area contributed by atoms with Crippen LogP contribution < -0.4 is 5.73 Å². The SMILES string of the molecule is NCCC(=O)OCCc1ncno1. The molecule has 6 nitrogen and oxygen atoms in total. The predicted octanol–water partition coefficient (Wildman–Crippen LogP) is -0.496. The van der Waals surface area contributed by atoms with E-state index in [0.29, 0.717) is 18.9 Å². The lowest BCUT2D eigenvalue weighted by Gasteiger charge is -2.00. The fraction of sp³-hybridized carbons (Fsp3) is 0.571. The van der Waals surface area contributed by atoms with Crippen LogP contribution in [0.5, 0.6) is 0 Å². The lowest BCUT2D eigenvalue weighted by molar-refractivity contribution is -0.143. The van der Waals surface area contributed by atoms with E-state index in [0.717, 1.165) is 0 Å². The summed E-state index contributed by atoms with van der Waals surface area (Å²) in [6.07, 6.45) is 1.98. The molecule has 6 heteroatoms. The number of aromatic nitrogens is 2. The van der Waals surface area contributed by atoms with Crippen LogP contribution in [0.2, 0.25) is 0 Å². The Labute approximate surface area is 75.1 Å². The van der Waals surface area contributed by atoms with Crippen LogP contribution in [0.3, 0.4) is 0 Å². The third kappa shape index (κ3) is 3.66. The standard InChI is InChI=1S/C7H11N3O3/c8-3-1-7(11)12-4-2-6-9-5-10-13-6/h5H,1-4,8H2. The Kier molecular flexibility index (Phi) is 3.90. The molecule has 0 saturated carbocycles. The zero-order valence-corrected chi connectivity index (χ0v) is 7.10. The number of carbonyl (C=O) groups excluding carboxylic acids is 1. The van der Waals surface area contributed by atoms with Crippen LogP contribution in [0.4, 0.5) is 0 Å². The normalized spacial score (nSPS) is 9.92. The maximum absolute atomic E-state index is 10.8. The highest BCUT2D eigenvalue weighted by Crippen LogP contribution is 1.93. The number of esters is 1. The fourth-order valence-corrected chi connectivity index (χ4v) is 0.748. The molecule has 0 amide bonds. The van der Waals surface area contributed by atoms with Crippen LogP contribution in [0.25, 0.3) is 0 Å². The molecular weight excluding hydrogens is 174 g/mol. The van der Waals surface area contributed by atoms with Gasteiger partial charge in [-0.1, -0.05) is 5.16 Å². The van der Waals surface area contributed by atoms with E-state index in [9.17, 15) is 4.79 Å². The van der Waals surface area contributed by atoms with E-state index in [-0.39, 0.29) is 19.0 Å². The van der Waals surface area contributed by atoms with Gasteiger partial charge in [-0.05, 0) is 0 Å². The Morgan fingerprint density at radius 1 is 1.69 bits per heavy atom. The second-order valence-electron chi connectivity index (χ2n) is 2.34. The zero-order chi connectivity index (χ0) is 9.52. The minimum absolute atomic E-state index is 0.240. The topological polar surface area (TPSA) is 91.2 Å². The molecule has 0 saturated heterocycles. The van der Waals surface area contributed by atoms with Crippen molar-refractivity contribution >= 4 is 5.97 Å². The predicted molar refractivity (Wildman–Crippen MR) is 42.6 cm³/mol. The molecule has 0 aliphatic rings. The first-order valence-corrected chi connectivity index (χ1v) is 3.94. The van der Waals surface area contributed by atoms with E-state index in [1.165, 1.54) is 6.33 Å². The van der Waals surface area contributed by atoms with Gasteiger partial charge in [0.25, 0.3) is 0 Å². The Morgan fingerprint density at radius 2 is 2.54 bits per heavy atom. The van der Waals surface area contributed by atoms with Crippen LogP contribution in [-0.2, 0) is 16.0 Å². The molecule has 1 aromatic rings. The summed E-state index contributed by atoms with van der Waals surface area (Å²) >= 11 is 0. The van der Waals surface area contributed by atoms with Crippen molar-refractivity contribution in [1.29, 1.82) is 0 Å². The van der Waals surface area contributed by atoms with E-state index in [4.69, 9.17) is 15.0 Å². The quantitative estimate of drug-likeness (QED) is 0.622. The van der Waals surface area contributed by atoms with Crippen molar-refractivity contribution in [3.05, 3.63) is 12.2 Å². The highest BCUT2D eigenvalue weighted by atomic mass is 16.5. The van der Waals surface area contributed by atoms with Crippen molar-refractivity contribution in [3.8, 4) is 0 Å². The van der Waals surface area contributed by atoms with Crippen molar-refractivity contribution < 1.29 is 14.1 Å². The first-order chi connectivity index (χ1) is 6.33. The monoisotopic (exact) mass is 185 g/mol. The summed E-state index contributed by atoms with van der Waals surface area (Å²) in [6.45, 7) is 0.556. The highest BCUT2D eigenvalue weighted by molar-refractivity contribution is 5.69. The molecular formula is C7H11N3O3. The number of rotatable bonds is 5. The van der Waals surface area contributed by atoms with Crippen LogP contribution in [-0.4, -0.2) is 29.3 Å². The summed E-state index contributed by atoms with van der Waals surface area (Å²) in [5, 5.41) is 3.41. The average molecular weight is 185 g/mol. The van der Waals surface area contributed by atoms with Crippen LogP contribution in [0.1, 0.15) is 12.3 Å². The van der Waals surface area contributed by atoms with Crippen molar-refractivity contribution in [2.45, 2.75) is 12.8 Å². The van der Waals surface area contributed by atoms with Gasteiger partial charge < -0.3 is 15.0 Å². The molecule has 0 spiro atoms. The summed E-state index contributed by atoms with van der Waals surface area (Å²) in [5.74, 6) is 0.155. The highest BCUT2D eigenvalue weighted by Gasteiger charge is 2.03. The number of nitrogens with two attached hydrogens (primary N) is 1. The molecule has 0 bridgehead atoms. The Hall–Kier alpha value is -1.43. The van der Waals surface area contributed by atoms with Crippen molar-refractivity contribution in [2.24, 2.45) is 5.73 Å². The van der Waals surface area contributed by atoms with E-state index >= 15 is 0 Å². The summed E-state index contributed by atoms with van der Waals surface area (Å²) < 4.78 is 9.51. The van der Waals surface area contributed by atoms with Crippen molar-refractivity contribution in [3.63, 3.8) is 0 Å². The molecule has 0 radical (unpaired) electrons. The molecule has 1 rings (SSSR count). The molecule has 0 atom stereocenters. The molecule has 0 fully saturated rings. The van der Waals surface area contributed by atoms with Gasteiger partial charge in [0.05, 0.1) is 12.8 Å². The smallest absolute Gasteiger partial charge is 0.307 e. The van der Waals surface area contributed by atoms with Gasteiger partial charge in [0.1, 0.15) is 6.61 Å². The number of ether oxygens (including phenoxy) is 1.